The summed E-state index contributed by atoms with van der Waals surface area (Å²) in [6.45, 7) is 2.64. The number of rotatable bonds is 4. The summed E-state index contributed by atoms with van der Waals surface area (Å²) in [6, 6.07) is 10.1. The predicted octanol–water partition coefficient (Wildman–Crippen LogP) is 2.78. The second-order valence-electron chi connectivity index (χ2n) is 4.17. The second-order valence-corrected chi connectivity index (χ2v) is 4.17. The molecular weight excluding hydrogens is 231 g/mol. The van der Waals surface area contributed by atoms with E-state index in [1.807, 2.05) is 19.1 Å². The van der Waals surface area contributed by atoms with Gasteiger partial charge in [0.05, 0.1) is 11.9 Å². The summed E-state index contributed by atoms with van der Waals surface area (Å²) in [5.74, 6) is -0.0727. The molecule has 2 aromatic rings. The van der Waals surface area contributed by atoms with E-state index in [0.29, 0.717) is 6.54 Å². The van der Waals surface area contributed by atoms with Crippen LogP contribution in [0.2, 0.25) is 0 Å². The molecular formula is C14H15FN2O. The highest BCUT2D eigenvalue weighted by Crippen LogP contribution is 2.13. The van der Waals surface area contributed by atoms with Crippen molar-refractivity contribution in [3.63, 3.8) is 0 Å². The molecule has 0 bridgehead atoms. The molecule has 0 aliphatic carbocycles. The van der Waals surface area contributed by atoms with Crippen LogP contribution in [0.15, 0.2) is 42.6 Å². The zero-order chi connectivity index (χ0) is 13.0. The first-order chi connectivity index (χ1) is 8.65. The van der Waals surface area contributed by atoms with Crippen LogP contribution in [-0.2, 0) is 6.54 Å². The van der Waals surface area contributed by atoms with Gasteiger partial charge in [0.1, 0.15) is 11.6 Å². The van der Waals surface area contributed by atoms with Crippen molar-refractivity contribution < 1.29 is 9.50 Å². The molecule has 1 aromatic heterocycles. The lowest BCUT2D eigenvalue weighted by atomic mass is 10.1. The summed E-state index contributed by atoms with van der Waals surface area (Å²) in [4.78, 5) is 4.03. The number of aromatic nitrogens is 1. The van der Waals surface area contributed by atoms with E-state index in [4.69, 9.17) is 0 Å². The van der Waals surface area contributed by atoms with Gasteiger partial charge in [-0.2, -0.15) is 0 Å². The van der Waals surface area contributed by atoms with Crippen LogP contribution >= 0.6 is 0 Å². The molecule has 18 heavy (non-hydrogen) atoms. The average Bonchev–Trinajstić information content (AvgIpc) is 2.38. The maximum absolute atomic E-state index is 12.7. The Bertz CT molecular complexity index is 496. The Kier molecular flexibility index (Phi) is 3.89. The summed E-state index contributed by atoms with van der Waals surface area (Å²) in [6.07, 6.45) is 1.22. The van der Waals surface area contributed by atoms with Gasteiger partial charge in [0, 0.05) is 12.6 Å². The number of phenols is 1. The molecule has 1 aromatic carbocycles. The molecule has 3 nitrogen and oxygen atoms in total. The summed E-state index contributed by atoms with van der Waals surface area (Å²) in [7, 11) is 0. The molecule has 2 rings (SSSR count). The Labute approximate surface area is 105 Å². The van der Waals surface area contributed by atoms with Crippen molar-refractivity contribution in [3.05, 3.63) is 59.7 Å². The molecule has 2 N–H and O–H groups in total. The van der Waals surface area contributed by atoms with Gasteiger partial charge in [-0.25, -0.2) is 4.39 Å². The number of nitrogens with zero attached hydrogens (tertiary/aromatic N) is 1. The van der Waals surface area contributed by atoms with E-state index in [1.54, 1.807) is 18.2 Å². The van der Waals surface area contributed by atoms with Crippen LogP contribution < -0.4 is 5.32 Å². The van der Waals surface area contributed by atoms with E-state index in [1.165, 1.54) is 12.3 Å². The molecule has 1 atom stereocenters. The molecule has 0 radical (unpaired) electrons. The van der Waals surface area contributed by atoms with Crippen molar-refractivity contribution >= 4 is 0 Å². The minimum Gasteiger partial charge on any atom is -0.508 e. The molecule has 1 unspecified atom stereocenters. The lowest BCUT2D eigenvalue weighted by Crippen LogP contribution is -2.19. The maximum atomic E-state index is 12.7. The van der Waals surface area contributed by atoms with Gasteiger partial charge in [0.15, 0.2) is 0 Å². The van der Waals surface area contributed by atoms with Crippen molar-refractivity contribution in [2.45, 2.75) is 19.5 Å². The Morgan fingerprint density at radius 1 is 1.22 bits per heavy atom. The van der Waals surface area contributed by atoms with Crippen molar-refractivity contribution in [2.24, 2.45) is 0 Å². The first-order valence-corrected chi connectivity index (χ1v) is 5.78. The standard InChI is InChI=1S/C14H15FN2O/c1-10(14-7-4-12(15)9-17-14)16-8-11-2-5-13(18)6-3-11/h2-7,9-10,16,18H,8H2,1H3. The minimum atomic E-state index is -0.329. The molecule has 0 aliphatic heterocycles. The third-order valence-corrected chi connectivity index (χ3v) is 2.74. The van der Waals surface area contributed by atoms with E-state index >= 15 is 0 Å². The molecule has 94 valence electrons. The lowest BCUT2D eigenvalue weighted by Gasteiger charge is -2.13. The summed E-state index contributed by atoms with van der Waals surface area (Å²) in [5, 5.41) is 12.5. The third-order valence-electron chi connectivity index (χ3n) is 2.74. The molecule has 0 aliphatic rings. The van der Waals surface area contributed by atoms with Gasteiger partial charge in [-0.1, -0.05) is 12.1 Å². The number of hydrogen-bond acceptors (Lipinski definition) is 3. The van der Waals surface area contributed by atoms with Gasteiger partial charge in [0.2, 0.25) is 0 Å². The summed E-state index contributed by atoms with van der Waals surface area (Å²) >= 11 is 0. The van der Waals surface area contributed by atoms with Gasteiger partial charge in [-0.15, -0.1) is 0 Å². The minimum absolute atomic E-state index is 0.0411. The van der Waals surface area contributed by atoms with E-state index in [-0.39, 0.29) is 17.6 Å². The topological polar surface area (TPSA) is 45.1 Å². The quantitative estimate of drug-likeness (QED) is 0.872. The normalized spacial score (nSPS) is 12.3. The smallest absolute Gasteiger partial charge is 0.141 e. The first-order valence-electron chi connectivity index (χ1n) is 5.78. The van der Waals surface area contributed by atoms with Crippen LogP contribution in [0.4, 0.5) is 4.39 Å². The Morgan fingerprint density at radius 2 is 1.94 bits per heavy atom. The number of nitrogens with one attached hydrogen (secondary N) is 1. The highest BCUT2D eigenvalue weighted by atomic mass is 19.1. The molecule has 4 heteroatoms. The molecule has 0 spiro atoms. The Morgan fingerprint density at radius 3 is 2.56 bits per heavy atom. The highest BCUT2D eigenvalue weighted by Gasteiger charge is 2.06. The molecule has 0 fully saturated rings. The third kappa shape index (κ3) is 3.28. The zero-order valence-electron chi connectivity index (χ0n) is 10.1. The lowest BCUT2D eigenvalue weighted by molar-refractivity contribution is 0.474. The fourth-order valence-electron chi connectivity index (χ4n) is 1.63. The van der Waals surface area contributed by atoms with Gasteiger partial charge in [0.25, 0.3) is 0 Å². The summed E-state index contributed by atoms with van der Waals surface area (Å²) in [5.41, 5.74) is 1.87. The SMILES string of the molecule is CC(NCc1ccc(O)cc1)c1ccc(F)cn1. The van der Waals surface area contributed by atoms with Crippen LogP contribution in [0, 0.1) is 5.82 Å². The van der Waals surface area contributed by atoms with Crippen LogP contribution in [0.5, 0.6) is 5.75 Å². The van der Waals surface area contributed by atoms with Crippen LogP contribution in [0.25, 0.3) is 0 Å². The van der Waals surface area contributed by atoms with E-state index in [0.717, 1.165) is 11.3 Å². The maximum Gasteiger partial charge on any atom is 0.141 e. The van der Waals surface area contributed by atoms with Crippen molar-refractivity contribution in [2.75, 3.05) is 0 Å². The Balaban J connectivity index is 1.93. The monoisotopic (exact) mass is 246 g/mol. The van der Waals surface area contributed by atoms with Gasteiger partial charge >= 0.3 is 0 Å². The zero-order valence-corrected chi connectivity index (χ0v) is 10.1. The van der Waals surface area contributed by atoms with Crippen molar-refractivity contribution in [3.8, 4) is 5.75 Å². The number of hydrogen-bond donors (Lipinski definition) is 2. The fourth-order valence-corrected chi connectivity index (χ4v) is 1.63. The second kappa shape index (κ2) is 5.60. The van der Waals surface area contributed by atoms with Crippen molar-refractivity contribution in [1.82, 2.24) is 10.3 Å². The van der Waals surface area contributed by atoms with Gasteiger partial charge < -0.3 is 10.4 Å². The van der Waals surface area contributed by atoms with E-state index in [2.05, 4.69) is 10.3 Å². The number of pyridine rings is 1. The van der Waals surface area contributed by atoms with Gasteiger partial charge in [-0.3, -0.25) is 4.98 Å². The average molecular weight is 246 g/mol. The number of halogens is 1. The van der Waals surface area contributed by atoms with E-state index in [9.17, 15) is 9.50 Å². The number of aromatic hydroxyl groups is 1. The predicted molar refractivity (Wildman–Crippen MR) is 67.6 cm³/mol. The fraction of sp³-hybridized carbons (Fsp3) is 0.214. The molecule has 0 saturated carbocycles. The molecule has 0 saturated heterocycles. The highest BCUT2D eigenvalue weighted by molar-refractivity contribution is 5.25. The largest absolute Gasteiger partial charge is 0.508 e. The number of phenolic OH excluding ortho intramolecular Hbond substituents is 1. The molecule has 1 heterocycles. The van der Waals surface area contributed by atoms with Gasteiger partial charge in [-0.05, 0) is 36.8 Å². The summed E-state index contributed by atoms with van der Waals surface area (Å²) < 4.78 is 12.7. The van der Waals surface area contributed by atoms with Crippen LogP contribution in [0.3, 0.4) is 0 Å². The molecule has 0 amide bonds. The van der Waals surface area contributed by atoms with E-state index < -0.39 is 0 Å². The van der Waals surface area contributed by atoms with Crippen LogP contribution in [-0.4, -0.2) is 10.1 Å². The van der Waals surface area contributed by atoms with Crippen LogP contribution in [0.1, 0.15) is 24.2 Å². The number of benzene rings is 1. The van der Waals surface area contributed by atoms with Crippen molar-refractivity contribution in [1.29, 1.82) is 0 Å². The Hall–Kier alpha value is -1.94. The first kappa shape index (κ1) is 12.5.